The van der Waals surface area contributed by atoms with E-state index in [1.165, 1.54) is 29.7 Å². The van der Waals surface area contributed by atoms with Gasteiger partial charge in [0.15, 0.2) is 11.4 Å². The molecule has 7 nitrogen and oxygen atoms in total. The van der Waals surface area contributed by atoms with Crippen molar-refractivity contribution in [3.8, 4) is 11.5 Å². The molecule has 136 valence electrons. The number of hydrogen-bond donors (Lipinski definition) is 0. The molecule has 6 rings (SSSR count). The highest BCUT2D eigenvalue weighted by Crippen LogP contribution is 2.44. The molecule has 0 amide bonds. The lowest BCUT2D eigenvalue weighted by molar-refractivity contribution is 0.165. The molecule has 2 atom stereocenters. The summed E-state index contributed by atoms with van der Waals surface area (Å²) in [6.07, 6.45) is 11.2. The summed E-state index contributed by atoms with van der Waals surface area (Å²) < 4.78 is 9.42. The van der Waals surface area contributed by atoms with Gasteiger partial charge < -0.3 is 4.42 Å². The van der Waals surface area contributed by atoms with Gasteiger partial charge in [0.05, 0.1) is 18.2 Å². The fraction of sp³-hybridized carbons (Fsp3) is 0.350. The zero-order valence-electron chi connectivity index (χ0n) is 15.1. The molecule has 4 aromatic heterocycles. The minimum absolute atomic E-state index is 0.409. The Morgan fingerprint density at radius 1 is 1.26 bits per heavy atom. The molecule has 2 aliphatic rings. The molecule has 6 heterocycles. The topological polar surface area (TPSA) is 64.4 Å². The van der Waals surface area contributed by atoms with Gasteiger partial charge in [-0.25, -0.2) is 9.50 Å². The van der Waals surface area contributed by atoms with Crippen LogP contribution in [0.4, 0.5) is 0 Å². The second-order valence-corrected chi connectivity index (χ2v) is 7.58. The maximum Gasteiger partial charge on any atom is 0.155 e. The van der Waals surface area contributed by atoms with Crippen LogP contribution in [0.5, 0.6) is 0 Å². The Bertz CT molecular complexity index is 1120. The highest BCUT2D eigenvalue weighted by atomic mass is 16.3. The lowest BCUT2D eigenvalue weighted by Gasteiger charge is -2.35. The zero-order valence-corrected chi connectivity index (χ0v) is 15.1. The molecule has 2 bridgehead atoms. The monoisotopic (exact) mass is 360 g/mol. The summed E-state index contributed by atoms with van der Waals surface area (Å²) in [5.41, 5.74) is 5.61. The molecule has 0 unspecified atom stereocenters. The smallest absolute Gasteiger partial charge is 0.155 e. The van der Waals surface area contributed by atoms with Gasteiger partial charge in [-0.05, 0) is 25.0 Å². The van der Waals surface area contributed by atoms with Crippen molar-refractivity contribution in [2.45, 2.75) is 37.9 Å². The van der Waals surface area contributed by atoms with Gasteiger partial charge >= 0.3 is 0 Å². The lowest BCUT2D eigenvalue weighted by Crippen LogP contribution is -2.38. The number of rotatable bonds is 3. The van der Waals surface area contributed by atoms with E-state index in [1.807, 2.05) is 40.6 Å². The minimum atomic E-state index is 0.409. The Balaban J connectivity index is 1.41. The van der Waals surface area contributed by atoms with Crippen molar-refractivity contribution in [1.29, 1.82) is 0 Å². The summed E-state index contributed by atoms with van der Waals surface area (Å²) in [5, 5.41) is 9.13. The average molecular weight is 360 g/mol. The normalized spacial score (nSPS) is 21.8. The van der Waals surface area contributed by atoms with Crippen LogP contribution in [0.15, 0.2) is 47.5 Å². The summed E-state index contributed by atoms with van der Waals surface area (Å²) in [6.45, 7) is 0.942. The average Bonchev–Trinajstić information content (AvgIpc) is 3.43. The second kappa shape index (κ2) is 5.53. The van der Waals surface area contributed by atoms with Crippen molar-refractivity contribution in [3.05, 3.63) is 59.9 Å². The first-order valence-corrected chi connectivity index (χ1v) is 9.41. The number of aryl methyl sites for hydroxylation is 1. The van der Waals surface area contributed by atoms with Crippen LogP contribution in [0, 0.1) is 0 Å². The molecule has 27 heavy (non-hydrogen) atoms. The SMILES string of the molecule is Cn1cc(CN2[C@H]3CC[C@H]2c2cnc4cc(-c5ccco5)nn4c2C3)cn1. The first kappa shape index (κ1) is 15.2. The first-order chi connectivity index (χ1) is 13.3. The third kappa shape index (κ3) is 2.28. The molecule has 7 heteroatoms. The van der Waals surface area contributed by atoms with Gasteiger partial charge in [0.25, 0.3) is 0 Å². The van der Waals surface area contributed by atoms with Gasteiger partial charge in [-0.15, -0.1) is 0 Å². The van der Waals surface area contributed by atoms with Crippen molar-refractivity contribution in [1.82, 2.24) is 29.3 Å². The predicted molar refractivity (Wildman–Crippen MR) is 98.9 cm³/mol. The standard InChI is InChI=1S/C20H20N6O/c1-24-11-13(9-22-24)12-25-14-4-5-17(25)15-10-21-20-8-16(19-3-2-6-27-19)23-26(20)18(15)7-14/h2-3,6,8-11,14,17H,4-5,7,12H2,1H3/t14-,17-/m0/s1. The third-order valence-corrected chi connectivity index (χ3v) is 5.94. The van der Waals surface area contributed by atoms with Crippen LogP contribution < -0.4 is 0 Å². The predicted octanol–water partition coefficient (Wildman–Crippen LogP) is 2.98. The molecule has 0 aromatic carbocycles. The number of nitrogens with zero attached hydrogens (tertiary/aromatic N) is 6. The fourth-order valence-electron chi connectivity index (χ4n) is 4.74. The second-order valence-electron chi connectivity index (χ2n) is 7.58. The fourth-order valence-corrected chi connectivity index (χ4v) is 4.74. The Kier molecular flexibility index (Phi) is 3.11. The third-order valence-electron chi connectivity index (χ3n) is 5.94. The van der Waals surface area contributed by atoms with Crippen LogP contribution >= 0.6 is 0 Å². The Morgan fingerprint density at radius 2 is 2.22 bits per heavy atom. The quantitative estimate of drug-likeness (QED) is 0.562. The van der Waals surface area contributed by atoms with E-state index < -0.39 is 0 Å². The number of hydrogen-bond acceptors (Lipinski definition) is 5. The van der Waals surface area contributed by atoms with Crippen LogP contribution in [-0.2, 0) is 20.0 Å². The van der Waals surface area contributed by atoms with Gasteiger partial charge in [-0.2, -0.15) is 10.2 Å². The van der Waals surface area contributed by atoms with Gasteiger partial charge in [0.2, 0.25) is 0 Å². The van der Waals surface area contributed by atoms with Gasteiger partial charge in [-0.3, -0.25) is 9.58 Å². The van der Waals surface area contributed by atoms with E-state index >= 15 is 0 Å². The van der Waals surface area contributed by atoms with Crippen molar-refractivity contribution >= 4 is 5.65 Å². The Morgan fingerprint density at radius 3 is 3.04 bits per heavy atom. The van der Waals surface area contributed by atoms with Gasteiger partial charge in [0, 0.05) is 61.7 Å². The van der Waals surface area contributed by atoms with Crippen LogP contribution in [0.1, 0.15) is 35.7 Å². The molecule has 0 aliphatic carbocycles. The summed E-state index contributed by atoms with van der Waals surface area (Å²) in [6, 6.07) is 6.78. The van der Waals surface area contributed by atoms with E-state index in [9.17, 15) is 0 Å². The maximum absolute atomic E-state index is 5.51. The molecular formula is C20H20N6O. The summed E-state index contributed by atoms with van der Waals surface area (Å²) in [7, 11) is 1.97. The van der Waals surface area contributed by atoms with Crippen LogP contribution in [0.25, 0.3) is 17.1 Å². The molecule has 4 aromatic rings. The van der Waals surface area contributed by atoms with Gasteiger partial charge in [0.1, 0.15) is 5.69 Å². The van der Waals surface area contributed by atoms with E-state index in [0.717, 1.165) is 30.1 Å². The minimum Gasteiger partial charge on any atom is -0.463 e. The van der Waals surface area contributed by atoms with E-state index in [2.05, 4.69) is 22.4 Å². The van der Waals surface area contributed by atoms with E-state index in [-0.39, 0.29) is 0 Å². The summed E-state index contributed by atoms with van der Waals surface area (Å²) in [5.74, 6) is 0.784. The van der Waals surface area contributed by atoms with E-state index in [4.69, 9.17) is 14.5 Å². The Labute approximate surface area is 156 Å². The highest BCUT2D eigenvalue weighted by Gasteiger charge is 2.41. The number of aromatic nitrogens is 5. The van der Waals surface area contributed by atoms with Crippen molar-refractivity contribution in [2.75, 3.05) is 0 Å². The molecular weight excluding hydrogens is 340 g/mol. The highest BCUT2D eigenvalue weighted by molar-refractivity contribution is 5.59. The van der Waals surface area contributed by atoms with Crippen LogP contribution in [0.3, 0.4) is 0 Å². The first-order valence-electron chi connectivity index (χ1n) is 9.41. The van der Waals surface area contributed by atoms with Gasteiger partial charge in [-0.1, -0.05) is 0 Å². The molecule has 0 saturated carbocycles. The molecule has 0 radical (unpaired) electrons. The maximum atomic E-state index is 5.51. The van der Waals surface area contributed by atoms with E-state index in [1.54, 1.807) is 6.26 Å². The van der Waals surface area contributed by atoms with Crippen molar-refractivity contribution in [2.24, 2.45) is 7.05 Å². The van der Waals surface area contributed by atoms with Crippen molar-refractivity contribution in [3.63, 3.8) is 0 Å². The van der Waals surface area contributed by atoms with Crippen molar-refractivity contribution < 1.29 is 4.42 Å². The molecule has 1 saturated heterocycles. The Hall–Kier alpha value is -2.93. The molecule has 0 spiro atoms. The van der Waals surface area contributed by atoms with Crippen LogP contribution in [-0.4, -0.2) is 35.3 Å². The van der Waals surface area contributed by atoms with E-state index in [0.29, 0.717) is 12.1 Å². The lowest BCUT2D eigenvalue weighted by atomic mass is 9.98. The largest absolute Gasteiger partial charge is 0.463 e. The number of furan rings is 1. The molecule has 2 aliphatic heterocycles. The zero-order chi connectivity index (χ0) is 18.0. The summed E-state index contributed by atoms with van der Waals surface area (Å²) >= 11 is 0. The molecule has 0 N–H and O–H groups in total. The summed E-state index contributed by atoms with van der Waals surface area (Å²) in [4.78, 5) is 7.32. The number of fused-ring (bicyclic) bond motifs is 6. The van der Waals surface area contributed by atoms with Crippen LogP contribution in [0.2, 0.25) is 0 Å². The molecule has 1 fully saturated rings.